The number of ether oxygens (including phenoxy) is 1. The number of nitrogens with zero attached hydrogens (tertiary/aromatic N) is 1. The molecule has 11 heavy (non-hydrogen) atoms. The van der Waals surface area contributed by atoms with Crippen molar-refractivity contribution in [2.75, 3.05) is 20.6 Å². The predicted octanol–water partition coefficient (Wildman–Crippen LogP) is 1.12. The lowest BCUT2D eigenvalue weighted by Gasteiger charge is -2.21. The molecule has 3 atom stereocenters. The van der Waals surface area contributed by atoms with Crippen LogP contribution in [0.4, 0.5) is 0 Å². The Labute approximate surface area is 68.5 Å². The SMILES string of the molecule is CN(C)CC1CC2CCC1O2. The highest BCUT2D eigenvalue weighted by Gasteiger charge is 2.40. The summed E-state index contributed by atoms with van der Waals surface area (Å²) in [4.78, 5) is 2.27. The van der Waals surface area contributed by atoms with E-state index in [0.717, 1.165) is 5.92 Å². The van der Waals surface area contributed by atoms with Gasteiger partial charge in [0.05, 0.1) is 12.2 Å². The first-order valence-corrected chi connectivity index (χ1v) is 4.56. The van der Waals surface area contributed by atoms with Gasteiger partial charge in [0.1, 0.15) is 0 Å². The minimum Gasteiger partial charge on any atom is -0.375 e. The molecule has 2 aliphatic rings. The fourth-order valence-electron chi connectivity index (χ4n) is 2.40. The van der Waals surface area contributed by atoms with Crippen LogP contribution < -0.4 is 0 Å². The topological polar surface area (TPSA) is 12.5 Å². The normalized spacial score (nSPS) is 42.3. The molecule has 0 aromatic carbocycles. The molecule has 2 saturated heterocycles. The standard InChI is InChI=1S/C9H17NO/c1-10(2)6-7-5-8-3-4-9(7)11-8/h7-9H,3-6H2,1-2H3. The summed E-state index contributed by atoms with van der Waals surface area (Å²) in [6, 6.07) is 0. The molecule has 0 aliphatic carbocycles. The van der Waals surface area contributed by atoms with Crippen molar-refractivity contribution in [1.29, 1.82) is 0 Å². The van der Waals surface area contributed by atoms with Gasteiger partial charge in [0.15, 0.2) is 0 Å². The molecule has 2 aliphatic heterocycles. The van der Waals surface area contributed by atoms with Crippen LogP contribution in [0.15, 0.2) is 0 Å². The quantitative estimate of drug-likeness (QED) is 0.592. The van der Waals surface area contributed by atoms with E-state index >= 15 is 0 Å². The van der Waals surface area contributed by atoms with Gasteiger partial charge in [-0.2, -0.15) is 0 Å². The van der Waals surface area contributed by atoms with Gasteiger partial charge < -0.3 is 9.64 Å². The first kappa shape index (κ1) is 7.56. The van der Waals surface area contributed by atoms with Crippen LogP contribution in [0, 0.1) is 5.92 Å². The van der Waals surface area contributed by atoms with Gasteiger partial charge in [0, 0.05) is 12.5 Å². The minimum absolute atomic E-state index is 0.599. The van der Waals surface area contributed by atoms with Crippen LogP contribution in [0.3, 0.4) is 0 Å². The maximum absolute atomic E-state index is 5.76. The van der Waals surface area contributed by atoms with Crippen LogP contribution in [-0.4, -0.2) is 37.7 Å². The monoisotopic (exact) mass is 155 g/mol. The Balaban J connectivity index is 1.87. The summed E-state index contributed by atoms with van der Waals surface area (Å²) in [7, 11) is 4.29. The summed E-state index contributed by atoms with van der Waals surface area (Å²) >= 11 is 0. The number of rotatable bonds is 2. The van der Waals surface area contributed by atoms with Gasteiger partial charge in [-0.3, -0.25) is 0 Å². The minimum atomic E-state index is 0.599. The Morgan fingerprint density at radius 2 is 2.18 bits per heavy atom. The van der Waals surface area contributed by atoms with E-state index in [1.54, 1.807) is 0 Å². The average molecular weight is 155 g/mol. The molecule has 2 fully saturated rings. The second-order valence-electron chi connectivity index (χ2n) is 4.13. The molecule has 0 amide bonds. The summed E-state index contributed by atoms with van der Waals surface area (Å²) in [5.41, 5.74) is 0. The van der Waals surface area contributed by atoms with Crippen molar-refractivity contribution in [2.24, 2.45) is 5.92 Å². The van der Waals surface area contributed by atoms with E-state index in [2.05, 4.69) is 19.0 Å². The molecule has 3 unspecified atom stereocenters. The Morgan fingerprint density at radius 3 is 2.64 bits per heavy atom. The summed E-state index contributed by atoms with van der Waals surface area (Å²) in [6.07, 6.45) is 5.15. The Morgan fingerprint density at radius 1 is 1.36 bits per heavy atom. The predicted molar refractivity (Wildman–Crippen MR) is 44.6 cm³/mol. The van der Waals surface area contributed by atoms with E-state index in [9.17, 15) is 0 Å². The van der Waals surface area contributed by atoms with Crippen molar-refractivity contribution in [3.8, 4) is 0 Å². The van der Waals surface area contributed by atoms with Crippen molar-refractivity contribution in [3.63, 3.8) is 0 Å². The van der Waals surface area contributed by atoms with Gasteiger partial charge in [-0.1, -0.05) is 0 Å². The summed E-state index contributed by atoms with van der Waals surface area (Å²) < 4.78 is 5.76. The lowest BCUT2D eigenvalue weighted by molar-refractivity contribution is 0.0879. The van der Waals surface area contributed by atoms with E-state index < -0.39 is 0 Å². The first-order chi connectivity index (χ1) is 5.25. The number of hydrogen-bond donors (Lipinski definition) is 0. The molecule has 2 heterocycles. The van der Waals surface area contributed by atoms with Crippen LogP contribution in [0.5, 0.6) is 0 Å². The van der Waals surface area contributed by atoms with E-state index in [1.807, 2.05) is 0 Å². The molecule has 2 bridgehead atoms. The third-order valence-electron chi connectivity index (χ3n) is 2.83. The lowest BCUT2D eigenvalue weighted by Crippen LogP contribution is -2.28. The highest BCUT2D eigenvalue weighted by atomic mass is 16.5. The van der Waals surface area contributed by atoms with Gasteiger partial charge in [0.2, 0.25) is 0 Å². The molecule has 0 N–H and O–H groups in total. The zero-order chi connectivity index (χ0) is 7.84. The first-order valence-electron chi connectivity index (χ1n) is 4.56. The number of fused-ring (bicyclic) bond motifs is 2. The van der Waals surface area contributed by atoms with Crippen molar-refractivity contribution >= 4 is 0 Å². The van der Waals surface area contributed by atoms with E-state index in [0.29, 0.717) is 12.2 Å². The van der Waals surface area contributed by atoms with E-state index in [-0.39, 0.29) is 0 Å². The van der Waals surface area contributed by atoms with Crippen molar-refractivity contribution < 1.29 is 4.74 Å². The van der Waals surface area contributed by atoms with Gasteiger partial charge in [-0.05, 0) is 33.4 Å². The lowest BCUT2D eigenvalue weighted by atomic mass is 9.89. The van der Waals surface area contributed by atoms with Crippen LogP contribution >= 0.6 is 0 Å². The zero-order valence-electron chi connectivity index (χ0n) is 7.42. The van der Waals surface area contributed by atoms with Crippen molar-refractivity contribution in [3.05, 3.63) is 0 Å². The summed E-state index contributed by atoms with van der Waals surface area (Å²) in [6.45, 7) is 1.21. The molecular weight excluding hydrogens is 138 g/mol. The highest BCUT2D eigenvalue weighted by Crippen LogP contribution is 2.38. The van der Waals surface area contributed by atoms with E-state index in [4.69, 9.17) is 4.74 Å². The second kappa shape index (κ2) is 2.76. The van der Waals surface area contributed by atoms with Gasteiger partial charge >= 0.3 is 0 Å². The fraction of sp³-hybridized carbons (Fsp3) is 1.00. The van der Waals surface area contributed by atoms with Gasteiger partial charge in [0.25, 0.3) is 0 Å². The van der Waals surface area contributed by atoms with Crippen molar-refractivity contribution in [2.45, 2.75) is 31.5 Å². The highest BCUT2D eigenvalue weighted by molar-refractivity contribution is 4.90. The average Bonchev–Trinajstić information content (AvgIpc) is 2.45. The Kier molecular flexibility index (Phi) is 1.90. The molecule has 0 spiro atoms. The van der Waals surface area contributed by atoms with Gasteiger partial charge in [-0.15, -0.1) is 0 Å². The molecule has 2 heteroatoms. The summed E-state index contributed by atoms with van der Waals surface area (Å²) in [5, 5.41) is 0. The number of hydrogen-bond acceptors (Lipinski definition) is 2. The second-order valence-corrected chi connectivity index (χ2v) is 4.13. The summed E-state index contributed by atoms with van der Waals surface area (Å²) in [5.74, 6) is 0.823. The molecule has 0 aromatic heterocycles. The van der Waals surface area contributed by atoms with Crippen LogP contribution in [0.25, 0.3) is 0 Å². The Bertz CT molecular complexity index is 146. The molecule has 0 radical (unpaired) electrons. The van der Waals surface area contributed by atoms with Crippen molar-refractivity contribution in [1.82, 2.24) is 4.90 Å². The molecule has 2 nitrogen and oxygen atoms in total. The molecular formula is C9H17NO. The Hall–Kier alpha value is -0.0800. The smallest absolute Gasteiger partial charge is 0.0621 e. The largest absolute Gasteiger partial charge is 0.375 e. The van der Waals surface area contributed by atoms with E-state index in [1.165, 1.54) is 25.8 Å². The zero-order valence-corrected chi connectivity index (χ0v) is 7.42. The third kappa shape index (κ3) is 1.42. The van der Waals surface area contributed by atoms with Crippen LogP contribution in [0.2, 0.25) is 0 Å². The van der Waals surface area contributed by atoms with Gasteiger partial charge in [-0.25, -0.2) is 0 Å². The van der Waals surface area contributed by atoms with Crippen LogP contribution in [-0.2, 0) is 4.74 Å². The van der Waals surface area contributed by atoms with Crippen LogP contribution in [0.1, 0.15) is 19.3 Å². The maximum atomic E-state index is 5.76. The molecule has 2 rings (SSSR count). The third-order valence-corrected chi connectivity index (χ3v) is 2.83. The fourth-order valence-corrected chi connectivity index (χ4v) is 2.40. The molecule has 64 valence electrons. The maximum Gasteiger partial charge on any atom is 0.0621 e. The molecule has 0 aromatic rings. The molecule has 0 saturated carbocycles.